The lowest BCUT2D eigenvalue weighted by Gasteiger charge is -2.24. The van der Waals surface area contributed by atoms with Crippen molar-refractivity contribution < 1.29 is 0 Å². The van der Waals surface area contributed by atoms with E-state index in [4.69, 9.17) is 0 Å². The fourth-order valence-electron chi connectivity index (χ4n) is 3.46. The molecule has 0 spiro atoms. The third kappa shape index (κ3) is 3.09. The van der Waals surface area contributed by atoms with Gasteiger partial charge in [-0.3, -0.25) is 9.88 Å². The maximum atomic E-state index is 4.40. The summed E-state index contributed by atoms with van der Waals surface area (Å²) in [5, 5.41) is 4.99. The maximum Gasteiger partial charge on any atom is 0.0702 e. The molecule has 2 fully saturated rings. The zero-order valence-electron chi connectivity index (χ0n) is 12.5. The monoisotopic (exact) mass is 281 g/mol. The highest BCUT2D eigenvalue weighted by Gasteiger charge is 2.32. The smallest absolute Gasteiger partial charge is 0.0702 e. The molecule has 1 aliphatic carbocycles. The number of hydrogen-bond donors (Lipinski definition) is 1. The molecule has 1 atom stereocenters. The molecule has 3 nitrogen and oxygen atoms in total. The van der Waals surface area contributed by atoms with Crippen molar-refractivity contribution in [3.63, 3.8) is 0 Å². The first-order valence-corrected chi connectivity index (χ1v) is 8.18. The summed E-state index contributed by atoms with van der Waals surface area (Å²) in [7, 11) is 0. The number of rotatable bonds is 3. The van der Waals surface area contributed by atoms with Crippen molar-refractivity contribution >= 4 is 10.9 Å². The molecule has 1 saturated carbocycles. The van der Waals surface area contributed by atoms with Gasteiger partial charge >= 0.3 is 0 Å². The van der Waals surface area contributed by atoms with Crippen molar-refractivity contribution in [1.29, 1.82) is 0 Å². The molecule has 2 aromatic rings. The minimum atomic E-state index is 0.717. The van der Waals surface area contributed by atoms with Crippen molar-refractivity contribution in [2.75, 3.05) is 19.6 Å². The molecule has 4 rings (SSSR count). The molecule has 1 aromatic carbocycles. The third-order valence-electron chi connectivity index (χ3n) is 4.78. The van der Waals surface area contributed by atoms with Gasteiger partial charge in [0.25, 0.3) is 0 Å². The molecule has 0 bridgehead atoms. The second kappa shape index (κ2) is 5.74. The van der Waals surface area contributed by atoms with Crippen LogP contribution in [-0.2, 0) is 6.54 Å². The van der Waals surface area contributed by atoms with Crippen LogP contribution in [0.5, 0.6) is 0 Å². The number of pyridine rings is 1. The van der Waals surface area contributed by atoms with E-state index in [-0.39, 0.29) is 0 Å². The standard InChI is InChI=1S/C18H23N3/c1-3-16-11-14(4-7-17(16)19-8-1)12-21-10-2-9-20-18(13-21)15-5-6-15/h1,3-4,7-8,11,15,18,20H,2,5-6,9-10,12-13H2. The highest BCUT2D eigenvalue weighted by molar-refractivity contribution is 5.78. The van der Waals surface area contributed by atoms with Gasteiger partial charge in [-0.2, -0.15) is 0 Å². The van der Waals surface area contributed by atoms with Crippen LogP contribution in [0.25, 0.3) is 10.9 Å². The van der Waals surface area contributed by atoms with E-state index in [0.717, 1.165) is 24.0 Å². The summed E-state index contributed by atoms with van der Waals surface area (Å²) in [4.78, 5) is 7.03. The number of hydrogen-bond acceptors (Lipinski definition) is 3. The van der Waals surface area contributed by atoms with Crippen molar-refractivity contribution in [2.45, 2.75) is 31.8 Å². The summed E-state index contributed by atoms with van der Waals surface area (Å²) in [6, 6.07) is 11.6. The molecule has 1 aromatic heterocycles. The molecular formula is C18H23N3. The van der Waals surface area contributed by atoms with Crippen LogP contribution in [0.2, 0.25) is 0 Å². The van der Waals surface area contributed by atoms with E-state index in [9.17, 15) is 0 Å². The largest absolute Gasteiger partial charge is 0.312 e. The molecule has 2 aliphatic rings. The summed E-state index contributed by atoms with van der Waals surface area (Å²) in [6.07, 6.45) is 5.97. The fourth-order valence-corrected chi connectivity index (χ4v) is 3.46. The van der Waals surface area contributed by atoms with Crippen LogP contribution < -0.4 is 5.32 Å². The summed E-state index contributed by atoms with van der Waals surface area (Å²) in [5.41, 5.74) is 2.50. The van der Waals surface area contributed by atoms with Gasteiger partial charge in [0, 0.05) is 30.7 Å². The second-order valence-electron chi connectivity index (χ2n) is 6.52. The number of fused-ring (bicyclic) bond motifs is 1. The van der Waals surface area contributed by atoms with Gasteiger partial charge in [0.2, 0.25) is 0 Å². The molecular weight excluding hydrogens is 258 g/mol. The number of aromatic nitrogens is 1. The van der Waals surface area contributed by atoms with Gasteiger partial charge in [-0.25, -0.2) is 0 Å². The van der Waals surface area contributed by atoms with E-state index in [2.05, 4.69) is 39.5 Å². The Labute approximate surface area is 126 Å². The highest BCUT2D eigenvalue weighted by atomic mass is 15.2. The van der Waals surface area contributed by atoms with Gasteiger partial charge in [0.05, 0.1) is 5.52 Å². The maximum absolute atomic E-state index is 4.40. The molecule has 0 radical (unpaired) electrons. The molecule has 1 N–H and O–H groups in total. The van der Waals surface area contributed by atoms with Gasteiger partial charge < -0.3 is 5.32 Å². The van der Waals surface area contributed by atoms with Gasteiger partial charge in [-0.15, -0.1) is 0 Å². The first-order chi connectivity index (χ1) is 10.4. The Morgan fingerprint density at radius 1 is 1.24 bits per heavy atom. The number of nitrogens with one attached hydrogen (secondary N) is 1. The van der Waals surface area contributed by atoms with Gasteiger partial charge in [-0.05, 0) is 62.0 Å². The normalized spacial score (nSPS) is 24.1. The van der Waals surface area contributed by atoms with E-state index in [0.29, 0.717) is 0 Å². The summed E-state index contributed by atoms with van der Waals surface area (Å²) >= 11 is 0. The first-order valence-electron chi connectivity index (χ1n) is 8.18. The number of nitrogens with zero attached hydrogens (tertiary/aromatic N) is 2. The third-order valence-corrected chi connectivity index (χ3v) is 4.78. The van der Waals surface area contributed by atoms with Crippen LogP contribution in [0.3, 0.4) is 0 Å². The van der Waals surface area contributed by atoms with E-state index in [1.54, 1.807) is 0 Å². The zero-order chi connectivity index (χ0) is 14.1. The topological polar surface area (TPSA) is 28.2 Å². The Bertz CT molecular complexity index is 621. The van der Waals surface area contributed by atoms with E-state index in [1.165, 1.54) is 49.8 Å². The van der Waals surface area contributed by atoms with Gasteiger partial charge in [0.1, 0.15) is 0 Å². The first kappa shape index (κ1) is 13.2. The lowest BCUT2D eigenvalue weighted by atomic mass is 10.1. The lowest BCUT2D eigenvalue weighted by Crippen LogP contribution is -2.38. The average molecular weight is 281 g/mol. The molecule has 1 aliphatic heterocycles. The van der Waals surface area contributed by atoms with E-state index in [1.807, 2.05) is 12.3 Å². The molecule has 2 heterocycles. The molecule has 1 unspecified atom stereocenters. The van der Waals surface area contributed by atoms with Crippen molar-refractivity contribution in [1.82, 2.24) is 15.2 Å². The molecule has 3 heteroatoms. The summed E-state index contributed by atoms with van der Waals surface area (Å²) in [5.74, 6) is 0.936. The van der Waals surface area contributed by atoms with Crippen molar-refractivity contribution in [2.24, 2.45) is 5.92 Å². The Morgan fingerprint density at radius 3 is 3.10 bits per heavy atom. The van der Waals surface area contributed by atoms with Crippen LogP contribution in [0, 0.1) is 5.92 Å². The molecule has 21 heavy (non-hydrogen) atoms. The molecule has 110 valence electrons. The minimum absolute atomic E-state index is 0.717. The highest BCUT2D eigenvalue weighted by Crippen LogP contribution is 2.33. The van der Waals surface area contributed by atoms with Gasteiger partial charge in [-0.1, -0.05) is 12.1 Å². The lowest BCUT2D eigenvalue weighted by molar-refractivity contribution is 0.251. The average Bonchev–Trinajstić information content (AvgIpc) is 3.34. The van der Waals surface area contributed by atoms with Crippen LogP contribution in [0.4, 0.5) is 0 Å². The van der Waals surface area contributed by atoms with Crippen LogP contribution in [0.15, 0.2) is 36.5 Å². The fraction of sp³-hybridized carbons (Fsp3) is 0.500. The van der Waals surface area contributed by atoms with Crippen molar-refractivity contribution in [3.8, 4) is 0 Å². The zero-order valence-corrected chi connectivity index (χ0v) is 12.5. The Kier molecular flexibility index (Phi) is 3.62. The quantitative estimate of drug-likeness (QED) is 0.937. The van der Waals surface area contributed by atoms with Crippen LogP contribution in [0.1, 0.15) is 24.8 Å². The van der Waals surface area contributed by atoms with E-state index >= 15 is 0 Å². The molecule has 0 amide bonds. The second-order valence-corrected chi connectivity index (χ2v) is 6.52. The Morgan fingerprint density at radius 2 is 2.19 bits per heavy atom. The Hall–Kier alpha value is -1.45. The summed E-state index contributed by atoms with van der Waals surface area (Å²) in [6.45, 7) is 4.66. The predicted octanol–water partition coefficient (Wildman–Crippen LogP) is 2.81. The number of benzene rings is 1. The van der Waals surface area contributed by atoms with Crippen LogP contribution >= 0.6 is 0 Å². The van der Waals surface area contributed by atoms with Gasteiger partial charge in [0.15, 0.2) is 0 Å². The Balaban J connectivity index is 1.49. The predicted molar refractivity (Wildman–Crippen MR) is 86.2 cm³/mol. The van der Waals surface area contributed by atoms with Crippen LogP contribution in [-0.4, -0.2) is 35.6 Å². The summed E-state index contributed by atoms with van der Waals surface area (Å²) < 4.78 is 0. The minimum Gasteiger partial charge on any atom is -0.312 e. The van der Waals surface area contributed by atoms with E-state index < -0.39 is 0 Å². The van der Waals surface area contributed by atoms with Crippen molar-refractivity contribution in [3.05, 3.63) is 42.1 Å². The SMILES string of the molecule is c1cnc2ccc(CN3CCCNC(C4CC4)C3)cc2c1. The molecule has 1 saturated heterocycles.